The van der Waals surface area contributed by atoms with E-state index in [2.05, 4.69) is 60.9 Å². The number of amides is 1. The average molecular weight is 560 g/mol. The van der Waals surface area contributed by atoms with E-state index in [9.17, 15) is 18.7 Å². The van der Waals surface area contributed by atoms with E-state index in [-0.39, 0.29) is 27.3 Å². The van der Waals surface area contributed by atoms with Gasteiger partial charge in [-0.3, -0.25) is 15.4 Å². The zero-order valence-electron chi connectivity index (χ0n) is 23.0. The molecule has 1 aliphatic rings. The molecule has 2 aromatic heterocycles. The van der Waals surface area contributed by atoms with Gasteiger partial charge in [0.05, 0.1) is 20.8 Å². The normalized spacial score (nSPS) is 19.8. The van der Waals surface area contributed by atoms with E-state index in [0.29, 0.717) is 18.5 Å². The fourth-order valence-electron chi connectivity index (χ4n) is 4.90. The Morgan fingerprint density at radius 3 is 2.72 bits per heavy atom. The molecule has 2 heterocycles. The van der Waals surface area contributed by atoms with Crippen molar-refractivity contribution in [1.82, 2.24) is 20.2 Å². The minimum atomic E-state index is -2.62. The van der Waals surface area contributed by atoms with Gasteiger partial charge in [-0.15, -0.1) is 11.3 Å². The van der Waals surface area contributed by atoms with E-state index < -0.39 is 18.6 Å². The Kier molecular flexibility index (Phi) is 9.21. The molecule has 0 aliphatic heterocycles. The number of carbonyl (C=O) groups excluding carboxylic acids is 1. The number of carbonyl (C=O) groups is 1. The fourth-order valence-corrected chi connectivity index (χ4v) is 5.66. The van der Waals surface area contributed by atoms with E-state index >= 15 is 0 Å². The van der Waals surface area contributed by atoms with Crippen LogP contribution in [-0.2, 0) is 6.54 Å². The Morgan fingerprint density at radius 2 is 2.05 bits per heavy atom. The summed E-state index contributed by atoms with van der Waals surface area (Å²) in [5, 5.41) is 19.7. The number of hydrogen-bond donors (Lipinski definition) is 4. The molecule has 0 spiro atoms. The summed E-state index contributed by atoms with van der Waals surface area (Å²) < 4.78 is 28.3. The Balaban J connectivity index is 1.65. The van der Waals surface area contributed by atoms with Crippen LogP contribution >= 0.6 is 11.3 Å². The number of nitrogens with zero attached hydrogens (tertiary/aromatic N) is 2. The van der Waals surface area contributed by atoms with Crippen molar-refractivity contribution in [3.63, 3.8) is 0 Å². The van der Waals surface area contributed by atoms with Gasteiger partial charge in [0.1, 0.15) is 6.23 Å². The molecule has 10 heteroatoms. The molecule has 0 radical (unpaired) electrons. The molecule has 1 amide bonds. The predicted octanol–water partition coefficient (Wildman–Crippen LogP) is 6.39. The van der Waals surface area contributed by atoms with Crippen LogP contribution in [0.4, 0.5) is 14.7 Å². The molecule has 39 heavy (non-hydrogen) atoms. The van der Waals surface area contributed by atoms with Gasteiger partial charge in [0.15, 0.2) is 0 Å². The lowest BCUT2D eigenvalue weighted by atomic mass is 9.88. The summed E-state index contributed by atoms with van der Waals surface area (Å²) in [4.78, 5) is 18.0. The molecule has 4 atom stereocenters. The first kappa shape index (κ1) is 29.3. The van der Waals surface area contributed by atoms with Crippen LogP contribution in [0.25, 0.3) is 11.0 Å². The minimum absolute atomic E-state index is 0.0263. The van der Waals surface area contributed by atoms with Crippen molar-refractivity contribution in [3.8, 4) is 0 Å². The smallest absolute Gasteiger partial charge is 0.272 e. The molecule has 1 saturated carbocycles. The Bertz CT molecular complexity index is 1300. The molecule has 1 aromatic carbocycles. The van der Waals surface area contributed by atoms with E-state index in [1.165, 1.54) is 18.2 Å². The number of aliphatic hydroxyl groups is 1. The number of aromatic nitrogens is 2. The Morgan fingerprint density at radius 1 is 1.28 bits per heavy atom. The van der Waals surface area contributed by atoms with Gasteiger partial charge in [0.2, 0.25) is 5.95 Å². The van der Waals surface area contributed by atoms with E-state index in [1.807, 2.05) is 12.1 Å². The van der Waals surface area contributed by atoms with Crippen LogP contribution in [0, 0.1) is 5.41 Å². The number of halogens is 2. The number of hydrogen-bond acceptors (Lipinski definition) is 6. The van der Waals surface area contributed by atoms with Crippen molar-refractivity contribution in [3.05, 3.63) is 58.3 Å². The molecule has 4 rings (SSSR count). The van der Waals surface area contributed by atoms with E-state index in [4.69, 9.17) is 4.98 Å². The van der Waals surface area contributed by atoms with Gasteiger partial charge in [-0.25, -0.2) is 13.8 Å². The lowest BCUT2D eigenvalue weighted by molar-refractivity contribution is 0.102. The first-order valence-electron chi connectivity index (χ1n) is 13.5. The van der Waals surface area contributed by atoms with Gasteiger partial charge in [0, 0.05) is 24.7 Å². The second-order valence-corrected chi connectivity index (χ2v) is 12.5. The monoisotopic (exact) mass is 559 g/mol. The lowest BCUT2D eigenvalue weighted by Gasteiger charge is -2.32. The maximum absolute atomic E-state index is 13.1. The van der Waals surface area contributed by atoms with Crippen LogP contribution in [0.5, 0.6) is 0 Å². The SMILES string of the molecule is C=CC(O)N[C@H]1CCC[C@@H](n2c(NC(=O)c3ccc(C(F)F)s3)nc3cc(CN[C@@H](C)C(C)(C)C)ccc32)C1. The number of benzene rings is 1. The predicted molar refractivity (Wildman–Crippen MR) is 153 cm³/mol. The highest BCUT2D eigenvalue weighted by Crippen LogP contribution is 2.36. The summed E-state index contributed by atoms with van der Waals surface area (Å²) in [6.45, 7) is 13.1. The first-order chi connectivity index (χ1) is 18.5. The molecule has 0 saturated heterocycles. The van der Waals surface area contributed by atoms with Crippen molar-refractivity contribution in [2.24, 2.45) is 5.41 Å². The van der Waals surface area contributed by atoms with Gasteiger partial charge in [-0.1, -0.05) is 33.4 Å². The maximum atomic E-state index is 13.1. The maximum Gasteiger partial charge on any atom is 0.272 e. The highest BCUT2D eigenvalue weighted by atomic mass is 32.1. The molecular formula is C29H39F2N5O2S. The molecule has 1 aliphatic carbocycles. The van der Waals surface area contributed by atoms with Crippen molar-refractivity contribution in [2.75, 3.05) is 5.32 Å². The molecule has 7 nitrogen and oxygen atoms in total. The zero-order valence-corrected chi connectivity index (χ0v) is 23.8. The zero-order chi connectivity index (χ0) is 28.3. The number of aliphatic hydroxyl groups excluding tert-OH is 1. The van der Waals surface area contributed by atoms with Gasteiger partial charge >= 0.3 is 0 Å². The molecule has 4 N–H and O–H groups in total. The molecule has 212 valence electrons. The largest absolute Gasteiger partial charge is 0.375 e. The fraction of sp³-hybridized carbons (Fsp3) is 0.517. The van der Waals surface area contributed by atoms with Gasteiger partial charge in [-0.05, 0) is 73.9 Å². The van der Waals surface area contributed by atoms with Crippen LogP contribution in [0.1, 0.15) is 86.0 Å². The standard InChI is InChI=1S/C29H39F2N5O2S/c1-6-25(37)33-19-8-7-9-20(15-19)36-22-11-10-18(16-32-17(2)29(3,4)5)14-21(22)34-28(36)35-27(38)24-13-12-23(39-24)26(30)31/h6,10-14,17,19-20,25-26,32-33,37H,1,7-9,15-16H2,2-5H3,(H,34,35,38)/t17-,19-,20+,25?/m0/s1. The number of rotatable bonds is 10. The number of imidazole rings is 1. The Labute approximate surface area is 232 Å². The molecule has 1 unspecified atom stereocenters. The van der Waals surface area contributed by atoms with Crippen LogP contribution in [0.2, 0.25) is 0 Å². The summed E-state index contributed by atoms with van der Waals surface area (Å²) in [6, 6.07) is 9.25. The van der Waals surface area contributed by atoms with Crippen molar-refractivity contribution in [2.45, 2.75) is 90.7 Å². The quantitative estimate of drug-likeness (QED) is 0.171. The summed E-state index contributed by atoms with van der Waals surface area (Å²) >= 11 is 0.785. The number of alkyl halides is 2. The first-order valence-corrected chi connectivity index (χ1v) is 14.3. The van der Waals surface area contributed by atoms with E-state index in [1.54, 1.807) is 0 Å². The number of anilines is 1. The number of nitrogens with one attached hydrogen (secondary N) is 3. The topological polar surface area (TPSA) is 91.2 Å². The molecule has 1 fully saturated rings. The summed E-state index contributed by atoms with van der Waals surface area (Å²) in [5.41, 5.74) is 2.86. The second kappa shape index (κ2) is 12.2. The summed E-state index contributed by atoms with van der Waals surface area (Å²) in [5.74, 6) is -0.0676. The van der Waals surface area contributed by atoms with Crippen LogP contribution < -0.4 is 16.0 Å². The average Bonchev–Trinajstić information content (AvgIpc) is 3.52. The second-order valence-electron chi connectivity index (χ2n) is 11.4. The Hall–Kier alpha value is -2.66. The summed E-state index contributed by atoms with van der Waals surface area (Å²) in [7, 11) is 0. The minimum Gasteiger partial charge on any atom is -0.375 e. The molecular weight excluding hydrogens is 520 g/mol. The van der Waals surface area contributed by atoms with Gasteiger partial charge < -0.3 is 15.0 Å². The van der Waals surface area contributed by atoms with Crippen molar-refractivity contribution >= 4 is 34.2 Å². The lowest BCUT2D eigenvalue weighted by Crippen LogP contribution is -2.40. The molecule has 0 bridgehead atoms. The number of thiophene rings is 1. The van der Waals surface area contributed by atoms with Crippen LogP contribution in [0.3, 0.4) is 0 Å². The van der Waals surface area contributed by atoms with Gasteiger partial charge in [0.25, 0.3) is 12.3 Å². The van der Waals surface area contributed by atoms with Gasteiger partial charge in [-0.2, -0.15) is 0 Å². The molecule has 3 aromatic rings. The highest BCUT2D eigenvalue weighted by Gasteiger charge is 2.28. The third-order valence-corrected chi connectivity index (χ3v) is 8.69. The van der Waals surface area contributed by atoms with Crippen LogP contribution in [0.15, 0.2) is 43.0 Å². The third kappa shape index (κ3) is 7.11. The van der Waals surface area contributed by atoms with Crippen molar-refractivity contribution < 1.29 is 18.7 Å². The van der Waals surface area contributed by atoms with Crippen molar-refractivity contribution in [1.29, 1.82) is 0 Å². The van der Waals surface area contributed by atoms with E-state index in [0.717, 1.165) is 53.6 Å². The highest BCUT2D eigenvalue weighted by molar-refractivity contribution is 7.14. The van der Waals surface area contributed by atoms with Crippen LogP contribution in [-0.4, -0.2) is 38.9 Å². The third-order valence-electron chi connectivity index (χ3n) is 7.60. The number of fused-ring (bicyclic) bond motifs is 1. The summed E-state index contributed by atoms with van der Waals surface area (Å²) in [6.07, 6.45) is 1.54.